The lowest BCUT2D eigenvalue weighted by Gasteiger charge is -2.29. The van der Waals surface area contributed by atoms with E-state index in [1.807, 2.05) is 31.2 Å². The molecule has 1 aliphatic heterocycles. The standard InChI is InChI=1S/C18H18N2O5/c1-2-24-15-6-3-13(4-7-15)11-18(21)19-9-10-25-17-8-5-14(20(22)23)12-16(17)19/h3-8,12H,2,9-11H2,1H3. The molecule has 0 bridgehead atoms. The molecule has 0 atom stereocenters. The first-order valence-corrected chi connectivity index (χ1v) is 8.02. The van der Waals surface area contributed by atoms with Crippen LogP contribution in [0.15, 0.2) is 42.5 Å². The Hall–Kier alpha value is -3.09. The van der Waals surface area contributed by atoms with Crippen molar-refractivity contribution in [3.05, 3.63) is 58.1 Å². The largest absolute Gasteiger partial charge is 0.494 e. The summed E-state index contributed by atoms with van der Waals surface area (Å²) >= 11 is 0. The summed E-state index contributed by atoms with van der Waals surface area (Å²) in [6.45, 7) is 3.22. The van der Waals surface area contributed by atoms with Gasteiger partial charge in [-0.15, -0.1) is 0 Å². The Kier molecular flexibility index (Phi) is 4.83. The van der Waals surface area contributed by atoms with E-state index in [1.54, 1.807) is 4.90 Å². The van der Waals surface area contributed by atoms with Crippen molar-refractivity contribution < 1.29 is 19.2 Å². The van der Waals surface area contributed by atoms with Crippen LogP contribution in [0.25, 0.3) is 0 Å². The molecule has 0 N–H and O–H groups in total. The van der Waals surface area contributed by atoms with Crippen molar-refractivity contribution in [2.45, 2.75) is 13.3 Å². The molecule has 3 rings (SSSR count). The summed E-state index contributed by atoms with van der Waals surface area (Å²) in [5, 5.41) is 11.0. The smallest absolute Gasteiger partial charge is 0.271 e. The zero-order valence-corrected chi connectivity index (χ0v) is 13.8. The monoisotopic (exact) mass is 342 g/mol. The van der Waals surface area contributed by atoms with Crippen molar-refractivity contribution in [3.8, 4) is 11.5 Å². The molecule has 1 heterocycles. The second-order valence-electron chi connectivity index (χ2n) is 5.56. The third-order valence-corrected chi connectivity index (χ3v) is 3.91. The highest BCUT2D eigenvalue weighted by Crippen LogP contribution is 2.35. The lowest BCUT2D eigenvalue weighted by atomic mass is 10.1. The van der Waals surface area contributed by atoms with Gasteiger partial charge in [0, 0.05) is 12.1 Å². The van der Waals surface area contributed by atoms with Gasteiger partial charge in [0.15, 0.2) is 0 Å². The second kappa shape index (κ2) is 7.21. The number of anilines is 1. The van der Waals surface area contributed by atoms with Crippen LogP contribution in [0.4, 0.5) is 11.4 Å². The van der Waals surface area contributed by atoms with E-state index in [-0.39, 0.29) is 18.0 Å². The molecule has 0 unspecified atom stereocenters. The van der Waals surface area contributed by atoms with E-state index in [1.165, 1.54) is 18.2 Å². The second-order valence-corrected chi connectivity index (χ2v) is 5.56. The van der Waals surface area contributed by atoms with Crippen LogP contribution in [0, 0.1) is 10.1 Å². The number of hydrogen-bond donors (Lipinski definition) is 0. The van der Waals surface area contributed by atoms with E-state index in [2.05, 4.69) is 0 Å². The van der Waals surface area contributed by atoms with Crippen molar-refractivity contribution in [3.63, 3.8) is 0 Å². The average molecular weight is 342 g/mol. The number of ether oxygens (including phenoxy) is 2. The predicted molar refractivity (Wildman–Crippen MR) is 92.3 cm³/mol. The summed E-state index contributed by atoms with van der Waals surface area (Å²) in [7, 11) is 0. The van der Waals surface area contributed by atoms with Crippen LogP contribution in [0.5, 0.6) is 11.5 Å². The molecule has 0 aliphatic carbocycles. The first kappa shape index (κ1) is 16.8. The van der Waals surface area contributed by atoms with Crippen LogP contribution in [0.3, 0.4) is 0 Å². The van der Waals surface area contributed by atoms with Crippen LogP contribution >= 0.6 is 0 Å². The summed E-state index contributed by atoms with van der Waals surface area (Å²) in [4.78, 5) is 24.7. The topological polar surface area (TPSA) is 81.9 Å². The number of hydrogen-bond acceptors (Lipinski definition) is 5. The number of nitro groups is 1. The first-order valence-electron chi connectivity index (χ1n) is 8.02. The maximum Gasteiger partial charge on any atom is 0.271 e. The van der Waals surface area contributed by atoms with Gasteiger partial charge in [0.1, 0.15) is 18.1 Å². The Morgan fingerprint density at radius 3 is 2.72 bits per heavy atom. The van der Waals surface area contributed by atoms with E-state index >= 15 is 0 Å². The van der Waals surface area contributed by atoms with Crippen LogP contribution < -0.4 is 14.4 Å². The highest BCUT2D eigenvalue weighted by Gasteiger charge is 2.26. The molecule has 130 valence electrons. The summed E-state index contributed by atoms with van der Waals surface area (Å²) in [5.74, 6) is 1.11. The van der Waals surface area contributed by atoms with Gasteiger partial charge in [0.2, 0.25) is 5.91 Å². The number of non-ortho nitro benzene ring substituents is 1. The highest BCUT2D eigenvalue weighted by molar-refractivity contribution is 5.97. The van der Waals surface area contributed by atoms with Gasteiger partial charge in [-0.1, -0.05) is 12.1 Å². The molecular formula is C18H18N2O5. The minimum absolute atomic E-state index is 0.0666. The fourth-order valence-electron chi connectivity index (χ4n) is 2.72. The number of rotatable bonds is 5. The zero-order valence-electron chi connectivity index (χ0n) is 13.8. The van der Waals surface area contributed by atoms with Gasteiger partial charge < -0.3 is 14.4 Å². The molecule has 1 aliphatic rings. The van der Waals surface area contributed by atoms with E-state index in [0.29, 0.717) is 31.2 Å². The maximum atomic E-state index is 12.7. The SMILES string of the molecule is CCOc1ccc(CC(=O)N2CCOc3ccc([N+](=O)[O-])cc32)cc1. The van der Waals surface area contributed by atoms with E-state index < -0.39 is 4.92 Å². The van der Waals surface area contributed by atoms with Gasteiger partial charge in [0.05, 0.1) is 30.2 Å². The number of carbonyl (C=O) groups excluding carboxylic acids is 1. The number of carbonyl (C=O) groups is 1. The van der Waals surface area contributed by atoms with Gasteiger partial charge in [-0.05, 0) is 30.7 Å². The first-order chi connectivity index (χ1) is 12.1. The van der Waals surface area contributed by atoms with Gasteiger partial charge in [-0.2, -0.15) is 0 Å². The molecule has 2 aromatic carbocycles. The fraction of sp³-hybridized carbons (Fsp3) is 0.278. The van der Waals surface area contributed by atoms with Gasteiger partial charge in [-0.3, -0.25) is 14.9 Å². The highest BCUT2D eigenvalue weighted by atomic mass is 16.6. The Balaban J connectivity index is 1.79. The minimum Gasteiger partial charge on any atom is -0.494 e. The third kappa shape index (κ3) is 3.71. The molecule has 0 radical (unpaired) electrons. The number of nitrogens with zero attached hydrogens (tertiary/aromatic N) is 2. The molecule has 0 spiro atoms. The van der Waals surface area contributed by atoms with Gasteiger partial charge >= 0.3 is 0 Å². The molecule has 7 nitrogen and oxygen atoms in total. The van der Waals surface area contributed by atoms with Gasteiger partial charge in [0.25, 0.3) is 5.69 Å². The maximum absolute atomic E-state index is 12.7. The molecule has 2 aromatic rings. The quantitative estimate of drug-likeness (QED) is 0.616. The summed E-state index contributed by atoms with van der Waals surface area (Å²) in [5.41, 5.74) is 1.23. The van der Waals surface area contributed by atoms with Crippen LogP contribution in [-0.2, 0) is 11.2 Å². The Morgan fingerprint density at radius 1 is 1.28 bits per heavy atom. The van der Waals surface area contributed by atoms with Crippen LogP contribution in [-0.4, -0.2) is 30.6 Å². The third-order valence-electron chi connectivity index (χ3n) is 3.91. The number of nitro benzene ring substituents is 1. The van der Waals surface area contributed by atoms with Gasteiger partial charge in [-0.25, -0.2) is 0 Å². The summed E-state index contributed by atoms with van der Waals surface area (Å²) in [6, 6.07) is 11.6. The number of benzene rings is 2. The Bertz CT molecular complexity index is 789. The summed E-state index contributed by atoms with van der Waals surface area (Å²) in [6.07, 6.45) is 0.203. The average Bonchev–Trinajstić information content (AvgIpc) is 2.62. The molecule has 25 heavy (non-hydrogen) atoms. The molecule has 7 heteroatoms. The molecule has 0 aromatic heterocycles. The molecule has 0 fully saturated rings. The van der Waals surface area contributed by atoms with E-state index in [9.17, 15) is 14.9 Å². The van der Waals surface area contributed by atoms with Crippen LogP contribution in [0.1, 0.15) is 12.5 Å². The zero-order chi connectivity index (χ0) is 17.8. The lowest BCUT2D eigenvalue weighted by Crippen LogP contribution is -2.38. The summed E-state index contributed by atoms with van der Waals surface area (Å²) < 4.78 is 10.9. The van der Waals surface area contributed by atoms with E-state index in [4.69, 9.17) is 9.47 Å². The minimum atomic E-state index is -0.482. The van der Waals surface area contributed by atoms with Crippen molar-refractivity contribution in [2.75, 3.05) is 24.7 Å². The molecule has 0 saturated heterocycles. The fourth-order valence-corrected chi connectivity index (χ4v) is 2.72. The van der Waals surface area contributed by atoms with Crippen molar-refractivity contribution in [1.82, 2.24) is 0 Å². The normalized spacial score (nSPS) is 12.9. The molecule has 1 amide bonds. The molecular weight excluding hydrogens is 324 g/mol. The van der Waals surface area contributed by atoms with Crippen molar-refractivity contribution in [1.29, 1.82) is 0 Å². The number of amides is 1. The van der Waals surface area contributed by atoms with E-state index in [0.717, 1.165) is 11.3 Å². The lowest BCUT2D eigenvalue weighted by molar-refractivity contribution is -0.384. The molecule has 0 saturated carbocycles. The van der Waals surface area contributed by atoms with Crippen molar-refractivity contribution >= 4 is 17.3 Å². The van der Waals surface area contributed by atoms with Crippen LogP contribution in [0.2, 0.25) is 0 Å². The predicted octanol–water partition coefficient (Wildman–Crippen LogP) is 2.96. The Labute approximate surface area is 144 Å². The van der Waals surface area contributed by atoms with Crippen molar-refractivity contribution in [2.24, 2.45) is 0 Å². The Morgan fingerprint density at radius 2 is 2.04 bits per heavy atom. The number of fused-ring (bicyclic) bond motifs is 1.